The number of carbonyl (C=O) groups is 1. The number of aryl methyl sites for hydroxylation is 1. The zero-order valence-corrected chi connectivity index (χ0v) is 9.96. The number of hydrogen-bond acceptors (Lipinski definition) is 1. The van der Waals surface area contributed by atoms with E-state index >= 15 is 0 Å². The average Bonchev–Trinajstić information content (AvgIpc) is 2.29. The van der Waals surface area contributed by atoms with E-state index in [4.69, 9.17) is 11.6 Å². The van der Waals surface area contributed by atoms with Crippen molar-refractivity contribution in [2.75, 3.05) is 0 Å². The second kappa shape index (κ2) is 4.68. The first kappa shape index (κ1) is 11.8. The van der Waals surface area contributed by atoms with Crippen LogP contribution in [0.25, 0.3) is 0 Å². The van der Waals surface area contributed by atoms with Crippen molar-refractivity contribution < 1.29 is 9.18 Å². The van der Waals surface area contributed by atoms with Crippen LogP contribution >= 0.6 is 11.6 Å². The van der Waals surface area contributed by atoms with Crippen molar-refractivity contribution in [3.8, 4) is 0 Å². The van der Waals surface area contributed by atoms with E-state index in [1.54, 1.807) is 31.2 Å². The highest BCUT2D eigenvalue weighted by Crippen LogP contribution is 2.17. The molecule has 1 nitrogen and oxygen atoms in total. The fraction of sp³-hybridized carbons (Fsp3) is 0.0714. The van der Waals surface area contributed by atoms with Crippen LogP contribution in [0.3, 0.4) is 0 Å². The Morgan fingerprint density at radius 3 is 2.35 bits per heavy atom. The predicted octanol–water partition coefficient (Wildman–Crippen LogP) is 4.02. The summed E-state index contributed by atoms with van der Waals surface area (Å²) in [5, 5.41) is 0.581. The molecule has 3 heteroatoms. The van der Waals surface area contributed by atoms with E-state index in [0.29, 0.717) is 21.7 Å². The van der Waals surface area contributed by atoms with Crippen molar-refractivity contribution in [1.29, 1.82) is 0 Å². The maximum atomic E-state index is 12.9. The molecule has 2 aromatic rings. The summed E-state index contributed by atoms with van der Waals surface area (Å²) in [6, 6.07) is 10.8. The van der Waals surface area contributed by atoms with E-state index in [0.717, 1.165) is 0 Å². The SMILES string of the molecule is Cc1cc(F)ccc1C(=O)c1ccc(Cl)cc1. The Morgan fingerprint density at radius 2 is 1.76 bits per heavy atom. The van der Waals surface area contributed by atoms with Gasteiger partial charge in [-0.05, 0) is 55.0 Å². The highest BCUT2D eigenvalue weighted by molar-refractivity contribution is 6.30. The van der Waals surface area contributed by atoms with Crippen molar-refractivity contribution in [2.24, 2.45) is 0 Å². The number of hydrogen-bond donors (Lipinski definition) is 0. The van der Waals surface area contributed by atoms with Crippen LogP contribution in [0.4, 0.5) is 4.39 Å². The molecule has 0 aromatic heterocycles. The minimum absolute atomic E-state index is 0.126. The number of benzene rings is 2. The first-order valence-corrected chi connectivity index (χ1v) is 5.52. The Kier molecular flexibility index (Phi) is 3.25. The lowest BCUT2D eigenvalue weighted by molar-refractivity contribution is 0.103. The normalized spacial score (nSPS) is 10.3. The zero-order valence-electron chi connectivity index (χ0n) is 9.21. The molecule has 0 heterocycles. The van der Waals surface area contributed by atoms with Crippen molar-refractivity contribution in [1.82, 2.24) is 0 Å². The van der Waals surface area contributed by atoms with Gasteiger partial charge in [0.25, 0.3) is 0 Å². The van der Waals surface area contributed by atoms with E-state index in [-0.39, 0.29) is 11.6 Å². The number of halogens is 2. The summed E-state index contributed by atoms with van der Waals surface area (Å²) in [6.07, 6.45) is 0. The Labute approximate surface area is 104 Å². The molecule has 0 bridgehead atoms. The van der Waals surface area contributed by atoms with E-state index in [1.807, 2.05) is 0 Å². The summed E-state index contributed by atoms with van der Waals surface area (Å²) in [4.78, 5) is 12.1. The van der Waals surface area contributed by atoms with Crippen LogP contribution in [0.1, 0.15) is 21.5 Å². The van der Waals surface area contributed by atoms with Gasteiger partial charge in [0.1, 0.15) is 5.82 Å². The van der Waals surface area contributed by atoms with E-state index < -0.39 is 0 Å². The quantitative estimate of drug-likeness (QED) is 0.734. The van der Waals surface area contributed by atoms with Crippen LogP contribution in [-0.2, 0) is 0 Å². The lowest BCUT2D eigenvalue weighted by atomic mass is 9.99. The van der Waals surface area contributed by atoms with E-state index in [2.05, 4.69) is 0 Å². The van der Waals surface area contributed by atoms with Crippen molar-refractivity contribution in [2.45, 2.75) is 6.92 Å². The monoisotopic (exact) mass is 248 g/mol. The Bertz CT molecular complexity index is 561. The molecule has 0 aliphatic carbocycles. The summed E-state index contributed by atoms with van der Waals surface area (Å²) >= 11 is 5.75. The van der Waals surface area contributed by atoms with Crippen LogP contribution in [0.15, 0.2) is 42.5 Å². The van der Waals surface area contributed by atoms with Gasteiger partial charge in [0.05, 0.1) is 0 Å². The molecular formula is C14H10ClFO. The summed E-state index contributed by atoms with van der Waals surface area (Å²) in [5.74, 6) is -0.464. The molecule has 0 fully saturated rings. The standard InChI is InChI=1S/C14H10ClFO/c1-9-8-12(16)6-7-13(9)14(17)10-2-4-11(15)5-3-10/h2-8H,1H3. The van der Waals surface area contributed by atoms with E-state index in [9.17, 15) is 9.18 Å². The van der Waals surface area contributed by atoms with Gasteiger partial charge in [-0.15, -0.1) is 0 Å². The molecule has 0 aliphatic rings. The minimum atomic E-state index is -0.338. The lowest BCUT2D eigenvalue weighted by Gasteiger charge is -2.05. The molecule has 0 N–H and O–H groups in total. The first-order chi connectivity index (χ1) is 8.08. The third-order valence-corrected chi connectivity index (χ3v) is 2.79. The van der Waals surface area contributed by atoms with Gasteiger partial charge < -0.3 is 0 Å². The predicted molar refractivity (Wildman–Crippen MR) is 66.0 cm³/mol. The van der Waals surface area contributed by atoms with Gasteiger partial charge in [-0.25, -0.2) is 4.39 Å². The molecule has 0 amide bonds. The van der Waals surface area contributed by atoms with E-state index in [1.165, 1.54) is 18.2 Å². The molecule has 0 radical (unpaired) electrons. The molecular weight excluding hydrogens is 239 g/mol. The molecule has 2 aromatic carbocycles. The lowest BCUT2D eigenvalue weighted by Crippen LogP contribution is -2.03. The molecule has 0 unspecified atom stereocenters. The summed E-state index contributed by atoms with van der Waals surface area (Å²) in [5.41, 5.74) is 1.68. The Morgan fingerprint density at radius 1 is 1.12 bits per heavy atom. The number of ketones is 1. The second-order valence-corrected chi connectivity index (χ2v) is 4.23. The molecule has 0 saturated carbocycles. The van der Waals surface area contributed by atoms with Gasteiger partial charge in [0, 0.05) is 16.1 Å². The molecule has 0 saturated heterocycles. The average molecular weight is 249 g/mol. The van der Waals surface area contributed by atoms with Gasteiger partial charge in [-0.1, -0.05) is 11.6 Å². The molecule has 0 spiro atoms. The molecule has 0 aliphatic heterocycles. The van der Waals surface area contributed by atoms with Crippen LogP contribution in [0, 0.1) is 12.7 Å². The largest absolute Gasteiger partial charge is 0.289 e. The molecule has 86 valence electrons. The van der Waals surface area contributed by atoms with Gasteiger partial charge in [-0.2, -0.15) is 0 Å². The Balaban J connectivity index is 2.40. The van der Waals surface area contributed by atoms with Gasteiger partial charge in [0.15, 0.2) is 5.78 Å². The molecule has 17 heavy (non-hydrogen) atoms. The fourth-order valence-electron chi connectivity index (χ4n) is 1.64. The number of carbonyl (C=O) groups excluding carboxylic acids is 1. The van der Waals surface area contributed by atoms with Crippen molar-refractivity contribution in [3.05, 3.63) is 70.0 Å². The first-order valence-electron chi connectivity index (χ1n) is 5.14. The summed E-state index contributed by atoms with van der Waals surface area (Å²) in [6.45, 7) is 1.71. The van der Waals surface area contributed by atoms with Gasteiger partial charge in [0.2, 0.25) is 0 Å². The number of rotatable bonds is 2. The second-order valence-electron chi connectivity index (χ2n) is 3.80. The van der Waals surface area contributed by atoms with Crippen molar-refractivity contribution >= 4 is 17.4 Å². The van der Waals surface area contributed by atoms with Crippen LogP contribution in [0.2, 0.25) is 5.02 Å². The van der Waals surface area contributed by atoms with Gasteiger partial charge >= 0.3 is 0 Å². The summed E-state index contributed by atoms with van der Waals surface area (Å²) < 4.78 is 12.9. The molecule has 2 rings (SSSR count). The highest BCUT2D eigenvalue weighted by atomic mass is 35.5. The fourth-order valence-corrected chi connectivity index (χ4v) is 1.76. The molecule has 0 atom stereocenters. The maximum absolute atomic E-state index is 12.9. The topological polar surface area (TPSA) is 17.1 Å². The maximum Gasteiger partial charge on any atom is 0.193 e. The minimum Gasteiger partial charge on any atom is -0.289 e. The third-order valence-electron chi connectivity index (χ3n) is 2.54. The Hall–Kier alpha value is -1.67. The highest BCUT2D eigenvalue weighted by Gasteiger charge is 2.11. The van der Waals surface area contributed by atoms with Crippen molar-refractivity contribution in [3.63, 3.8) is 0 Å². The van der Waals surface area contributed by atoms with Crippen LogP contribution < -0.4 is 0 Å². The van der Waals surface area contributed by atoms with Crippen LogP contribution in [-0.4, -0.2) is 5.78 Å². The van der Waals surface area contributed by atoms with Crippen LogP contribution in [0.5, 0.6) is 0 Å². The van der Waals surface area contributed by atoms with Gasteiger partial charge in [-0.3, -0.25) is 4.79 Å². The zero-order chi connectivity index (χ0) is 12.4. The smallest absolute Gasteiger partial charge is 0.193 e. The summed E-state index contributed by atoms with van der Waals surface area (Å²) in [7, 11) is 0. The third kappa shape index (κ3) is 2.53.